The second-order valence-electron chi connectivity index (χ2n) is 5.72. The summed E-state index contributed by atoms with van der Waals surface area (Å²) in [6.45, 7) is 0. The standard InChI is InChI=1S/C21H21NO/c1-23-21-9-7-19(8-10-21)20(15-17-5-3-2-4-6-17)16-18-11-13-22-14-12-18/h2-14,20H,15-16H2,1H3. The number of methoxy groups -OCH3 is 1. The third kappa shape index (κ3) is 4.19. The first kappa shape index (κ1) is 15.3. The molecule has 0 saturated carbocycles. The maximum atomic E-state index is 5.28. The van der Waals surface area contributed by atoms with E-state index in [1.165, 1.54) is 16.7 Å². The van der Waals surface area contributed by atoms with Gasteiger partial charge in [0.2, 0.25) is 0 Å². The van der Waals surface area contributed by atoms with Gasteiger partial charge in [-0.2, -0.15) is 0 Å². The Labute approximate surface area is 137 Å². The normalized spacial score (nSPS) is 11.9. The van der Waals surface area contributed by atoms with Gasteiger partial charge in [-0.1, -0.05) is 42.5 Å². The highest BCUT2D eigenvalue weighted by Crippen LogP contribution is 2.26. The van der Waals surface area contributed by atoms with Gasteiger partial charge in [0.05, 0.1) is 7.11 Å². The number of pyridine rings is 1. The highest BCUT2D eigenvalue weighted by Gasteiger charge is 2.13. The number of nitrogens with zero attached hydrogens (tertiary/aromatic N) is 1. The van der Waals surface area contributed by atoms with E-state index in [0.717, 1.165) is 18.6 Å². The molecular weight excluding hydrogens is 282 g/mol. The minimum Gasteiger partial charge on any atom is -0.497 e. The lowest BCUT2D eigenvalue weighted by Gasteiger charge is -2.18. The molecule has 0 N–H and O–H groups in total. The first-order valence-corrected chi connectivity index (χ1v) is 7.92. The van der Waals surface area contributed by atoms with Crippen molar-refractivity contribution < 1.29 is 4.74 Å². The van der Waals surface area contributed by atoms with E-state index in [1.807, 2.05) is 24.5 Å². The Hall–Kier alpha value is -2.61. The summed E-state index contributed by atoms with van der Waals surface area (Å²) in [5, 5.41) is 0. The Kier molecular flexibility index (Phi) is 5.05. The fourth-order valence-electron chi connectivity index (χ4n) is 2.89. The van der Waals surface area contributed by atoms with Gasteiger partial charge in [-0.3, -0.25) is 4.98 Å². The average Bonchev–Trinajstić information content (AvgIpc) is 2.63. The monoisotopic (exact) mass is 303 g/mol. The van der Waals surface area contributed by atoms with E-state index in [1.54, 1.807) is 7.11 Å². The molecule has 1 atom stereocenters. The molecule has 0 aliphatic rings. The number of aromatic nitrogens is 1. The smallest absolute Gasteiger partial charge is 0.118 e. The predicted octanol–water partition coefficient (Wildman–Crippen LogP) is 4.66. The van der Waals surface area contributed by atoms with Gasteiger partial charge >= 0.3 is 0 Å². The van der Waals surface area contributed by atoms with E-state index in [4.69, 9.17) is 4.74 Å². The second-order valence-corrected chi connectivity index (χ2v) is 5.72. The van der Waals surface area contributed by atoms with Crippen LogP contribution in [-0.2, 0) is 12.8 Å². The van der Waals surface area contributed by atoms with Crippen molar-refractivity contribution in [2.75, 3.05) is 7.11 Å². The van der Waals surface area contributed by atoms with Crippen LogP contribution in [0, 0.1) is 0 Å². The Morgan fingerprint density at radius 2 is 1.39 bits per heavy atom. The van der Waals surface area contributed by atoms with Crippen molar-refractivity contribution in [3.63, 3.8) is 0 Å². The van der Waals surface area contributed by atoms with Gasteiger partial charge in [0, 0.05) is 12.4 Å². The van der Waals surface area contributed by atoms with Crippen LogP contribution in [-0.4, -0.2) is 12.1 Å². The Morgan fingerprint density at radius 1 is 0.783 bits per heavy atom. The van der Waals surface area contributed by atoms with Crippen LogP contribution in [0.5, 0.6) is 5.75 Å². The van der Waals surface area contributed by atoms with Crippen LogP contribution >= 0.6 is 0 Å². The molecule has 0 saturated heterocycles. The summed E-state index contributed by atoms with van der Waals surface area (Å²) in [6, 6.07) is 23.3. The van der Waals surface area contributed by atoms with Crippen LogP contribution in [0.4, 0.5) is 0 Å². The molecule has 23 heavy (non-hydrogen) atoms. The van der Waals surface area contributed by atoms with E-state index in [9.17, 15) is 0 Å². The molecule has 0 radical (unpaired) electrons. The third-order valence-electron chi connectivity index (χ3n) is 4.14. The lowest BCUT2D eigenvalue weighted by molar-refractivity contribution is 0.414. The van der Waals surface area contributed by atoms with E-state index in [2.05, 4.69) is 59.6 Å². The van der Waals surface area contributed by atoms with Crippen LogP contribution in [0.25, 0.3) is 0 Å². The fourth-order valence-corrected chi connectivity index (χ4v) is 2.89. The molecule has 116 valence electrons. The summed E-state index contributed by atoms with van der Waals surface area (Å²) in [6.07, 6.45) is 5.76. The number of hydrogen-bond donors (Lipinski definition) is 0. The molecule has 2 aromatic carbocycles. The largest absolute Gasteiger partial charge is 0.497 e. The molecule has 2 heteroatoms. The van der Waals surface area contributed by atoms with Gasteiger partial charge < -0.3 is 4.74 Å². The SMILES string of the molecule is COc1ccc(C(Cc2ccccc2)Cc2ccncc2)cc1. The molecule has 1 aromatic heterocycles. The van der Waals surface area contributed by atoms with Gasteiger partial charge in [-0.15, -0.1) is 0 Å². The van der Waals surface area contributed by atoms with E-state index < -0.39 is 0 Å². The van der Waals surface area contributed by atoms with Crippen molar-refractivity contribution in [2.45, 2.75) is 18.8 Å². The third-order valence-corrected chi connectivity index (χ3v) is 4.14. The van der Waals surface area contributed by atoms with Crippen molar-refractivity contribution >= 4 is 0 Å². The Balaban J connectivity index is 1.85. The van der Waals surface area contributed by atoms with E-state index >= 15 is 0 Å². The quantitative estimate of drug-likeness (QED) is 0.661. The molecule has 0 bridgehead atoms. The highest BCUT2D eigenvalue weighted by atomic mass is 16.5. The van der Waals surface area contributed by atoms with Crippen LogP contribution in [0.3, 0.4) is 0 Å². The topological polar surface area (TPSA) is 22.1 Å². The Morgan fingerprint density at radius 3 is 2.00 bits per heavy atom. The second kappa shape index (κ2) is 7.59. The molecule has 1 unspecified atom stereocenters. The zero-order valence-electron chi connectivity index (χ0n) is 13.4. The molecule has 3 aromatic rings. The molecule has 2 nitrogen and oxygen atoms in total. The van der Waals surface area contributed by atoms with Crippen molar-refractivity contribution in [3.05, 3.63) is 95.8 Å². The number of rotatable bonds is 6. The molecule has 0 amide bonds. The zero-order valence-corrected chi connectivity index (χ0v) is 13.4. The maximum absolute atomic E-state index is 5.28. The molecule has 0 spiro atoms. The van der Waals surface area contributed by atoms with Crippen LogP contribution < -0.4 is 4.74 Å². The van der Waals surface area contributed by atoms with Gasteiger partial charge in [-0.05, 0) is 59.7 Å². The minimum atomic E-state index is 0.436. The predicted molar refractivity (Wildman–Crippen MR) is 93.8 cm³/mol. The fraction of sp³-hybridized carbons (Fsp3) is 0.190. The first-order valence-electron chi connectivity index (χ1n) is 7.92. The van der Waals surface area contributed by atoms with Crippen molar-refractivity contribution in [3.8, 4) is 5.75 Å². The molecule has 3 rings (SSSR count). The number of ether oxygens (including phenoxy) is 1. The molecule has 0 fully saturated rings. The van der Waals surface area contributed by atoms with Crippen molar-refractivity contribution in [1.29, 1.82) is 0 Å². The van der Waals surface area contributed by atoms with Gasteiger partial charge in [0.1, 0.15) is 5.75 Å². The summed E-state index contributed by atoms with van der Waals surface area (Å²) < 4.78 is 5.28. The number of hydrogen-bond acceptors (Lipinski definition) is 2. The summed E-state index contributed by atoms with van der Waals surface area (Å²) in [5.74, 6) is 1.34. The maximum Gasteiger partial charge on any atom is 0.118 e. The highest BCUT2D eigenvalue weighted by molar-refractivity contribution is 5.32. The van der Waals surface area contributed by atoms with Gasteiger partial charge in [0.25, 0.3) is 0 Å². The number of benzene rings is 2. The van der Waals surface area contributed by atoms with Gasteiger partial charge in [0.15, 0.2) is 0 Å². The lowest BCUT2D eigenvalue weighted by Crippen LogP contribution is -2.07. The van der Waals surface area contributed by atoms with Crippen molar-refractivity contribution in [1.82, 2.24) is 4.98 Å². The summed E-state index contributed by atoms with van der Waals surface area (Å²) >= 11 is 0. The lowest BCUT2D eigenvalue weighted by atomic mass is 9.87. The van der Waals surface area contributed by atoms with Crippen molar-refractivity contribution in [2.24, 2.45) is 0 Å². The zero-order chi connectivity index (χ0) is 15.9. The van der Waals surface area contributed by atoms with Crippen LogP contribution in [0.2, 0.25) is 0 Å². The molecule has 0 aliphatic carbocycles. The molecular formula is C21H21NO. The van der Waals surface area contributed by atoms with E-state index in [-0.39, 0.29) is 0 Å². The summed E-state index contributed by atoms with van der Waals surface area (Å²) in [7, 11) is 1.70. The molecule has 1 heterocycles. The average molecular weight is 303 g/mol. The summed E-state index contributed by atoms with van der Waals surface area (Å²) in [5.41, 5.74) is 4.02. The van der Waals surface area contributed by atoms with Crippen LogP contribution in [0.1, 0.15) is 22.6 Å². The van der Waals surface area contributed by atoms with E-state index in [0.29, 0.717) is 5.92 Å². The molecule has 0 aliphatic heterocycles. The minimum absolute atomic E-state index is 0.436. The Bertz CT molecular complexity index is 666. The van der Waals surface area contributed by atoms with Crippen LogP contribution in [0.15, 0.2) is 79.1 Å². The summed E-state index contributed by atoms with van der Waals surface area (Å²) in [4.78, 5) is 4.12. The van der Waals surface area contributed by atoms with Gasteiger partial charge in [-0.25, -0.2) is 0 Å². The first-order chi connectivity index (χ1) is 11.3.